The molecule has 0 amide bonds. The topological polar surface area (TPSA) is 35.8 Å². The molecule has 1 N–H and O–H groups in total. The van der Waals surface area contributed by atoms with Crippen LogP contribution in [0.1, 0.15) is 11.1 Å². The number of aryl methyl sites for hydroxylation is 1. The van der Waals surface area contributed by atoms with Crippen LogP contribution in [-0.2, 0) is 0 Å². The predicted octanol–water partition coefficient (Wildman–Crippen LogP) is 2.84. The van der Waals surface area contributed by atoms with E-state index in [4.69, 9.17) is 5.26 Å². The fourth-order valence-corrected chi connectivity index (χ4v) is 1.13. The summed E-state index contributed by atoms with van der Waals surface area (Å²) in [6, 6.07) is 6.41. The summed E-state index contributed by atoms with van der Waals surface area (Å²) < 4.78 is 35.7. The van der Waals surface area contributed by atoms with Crippen LogP contribution >= 0.6 is 0 Å². The maximum Gasteiger partial charge on any atom is 0.405 e. The lowest BCUT2D eigenvalue weighted by Gasteiger charge is -2.11. The van der Waals surface area contributed by atoms with Gasteiger partial charge in [0.25, 0.3) is 0 Å². The van der Waals surface area contributed by atoms with Gasteiger partial charge >= 0.3 is 6.18 Å². The third-order valence-electron chi connectivity index (χ3n) is 1.83. The number of benzene rings is 1. The van der Waals surface area contributed by atoms with Crippen LogP contribution in [0.25, 0.3) is 0 Å². The van der Waals surface area contributed by atoms with E-state index >= 15 is 0 Å². The first kappa shape index (κ1) is 11.4. The Kier molecular flexibility index (Phi) is 3.20. The number of hydrogen-bond donors (Lipinski definition) is 1. The van der Waals surface area contributed by atoms with Gasteiger partial charge in [0.05, 0.1) is 11.6 Å². The van der Waals surface area contributed by atoms with E-state index in [2.05, 4.69) is 5.32 Å². The van der Waals surface area contributed by atoms with E-state index < -0.39 is 12.7 Å². The molecule has 80 valence electrons. The quantitative estimate of drug-likeness (QED) is 0.821. The summed E-state index contributed by atoms with van der Waals surface area (Å²) >= 11 is 0. The molecule has 0 fully saturated rings. The third-order valence-corrected chi connectivity index (χ3v) is 1.83. The molecule has 0 saturated carbocycles. The van der Waals surface area contributed by atoms with Crippen LogP contribution in [0.5, 0.6) is 0 Å². The highest BCUT2D eigenvalue weighted by molar-refractivity contribution is 5.54. The molecule has 0 aliphatic rings. The SMILES string of the molecule is Cc1cc(C#N)ccc1NCC(F)(F)F. The number of nitriles is 1. The molecule has 0 atom stereocenters. The number of alkyl halides is 3. The Hall–Kier alpha value is -1.70. The van der Waals surface area contributed by atoms with Gasteiger partial charge in [0.1, 0.15) is 6.54 Å². The molecule has 0 bridgehead atoms. The van der Waals surface area contributed by atoms with Crippen LogP contribution in [0.2, 0.25) is 0 Å². The minimum atomic E-state index is -4.24. The van der Waals surface area contributed by atoms with Gasteiger partial charge in [-0.3, -0.25) is 0 Å². The second-order valence-corrected chi connectivity index (χ2v) is 3.11. The van der Waals surface area contributed by atoms with Crippen LogP contribution in [0.4, 0.5) is 18.9 Å². The summed E-state index contributed by atoms with van der Waals surface area (Å²) in [5, 5.41) is 10.8. The van der Waals surface area contributed by atoms with Gasteiger partial charge in [-0.2, -0.15) is 18.4 Å². The highest BCUT2D eigenvalue weighted by Gasteiger charge is 2.26. The highest BCUT2D eigenvalue weighted by Crippen LogP contribution is 2.20. The Bertz CT molecular complexity index is 391. The molecule has 0 radical (unpaired) electrons. The Morgan fingerprint density at radius 2 is 2.07 bits per heavy atom. The zero-order valence-corrected chi connectivity index (χ0v) is 8.02. The number of halogens is 3. The van der Waals surface area contributed by atoms with Gasteiger partial charge in [0.15, 0.2) is 0 Å². The van der Waals surface area contributed by atoms with E-state index in [9.17, 15) is 13.2 Å². The maximum absolute atomic E-state index is 11.9. The molecule has 1 aromatic carbocycles. The first-order chi connectivity index (χ1) is 6.92. The molecule has 0 saturated heterocycles. The van der Waals surface area contributed by atoms with Crippen molar-refractivity contribution in [3.63, 3.8) is 0 Å². The van der Waals surface area contributed by atoms with E-state index in [1.807, 2.05) is 6.07 Å². The predicted molar refractivity (Wildman–Crippen MR) is 50.4 cm³/mol. The zero-order chi connectivity index (χ0) is 11.5. The molecule has 5 heteroatoms. The van der Waals surface area contributed by atoms with Gasteiger partial charge in [-0.1, -0.05) is 0 Å². The second kappa shape index (κ2) is 4.22. The number of nitrogens with one attached hydrogen (secondary N) is 1. The second-order valence-electron chi connectivity index (χ2n) is 3.11. The summed E-state index contributed by atoms with van der Waals surface area (Å²) in [7, 11) is 0. The van der Waals surface area contributed by atoms with Gasteiger partial charge in [-0.05, 0) is 30.7 Å². The van der Waals surface area contributed by atoms with Gasteiger partial charge in [-0.25, -0.2) is 0 Å². The first-order valence-corrected chi connectivity index (χ1v) is 4.24. The smallest absolute Gasteiger partial charge is 0.376 e. The number of hydrogen-bond acceptors (Lipinski definition) is 2. The number of anilines is 1. The van der Waals surface area contributed by atoms with Gasteiger partial charge in [0.2, 0.25) is 0 Å². The van der Waals surface area contributed by atoms with Crippen molar-refractivity contribution in [3.05, 3.63) is 29.3 Å². The molecule has 0 heterocycles. The van der Waals surface area contributed by atoms with E-state index in [0.29, 0.717) is 16.8 Å². The molecule has 1 aromatic rings. The van der Waals surface area contributed by atoms with Crippen molar-refractivity contribution < 1.29 is 13.2 Å². The lowest BCUT2D eigenvalue weighted by atomic mass is 10.1. The van der Waals surface area contributed by atoms with Crippen molar-refractivity contribution in [3.8, 4) is 6.07 Å². The molecule has 0 aromatic heterocycles. The molecule has 0 unspecified atom stereocenters. The average Bonchev–Trinajstić information content (AvgIpc) is 2.14. The van der Waals surface area contributed by atoms with Crippen molar-refractivity contribution in [2.24, 2.45) is 0 Å². The third kappa shape index (κ3) is 3.50. The Morgan fingerprint density at radius 1 is 1.40 bits per heavy atom. The molecular weight excluding hydrogens is 205 g/mol. The number of nitrogens with zero attached hydrogens (tertiary/aromatic N) is 1. The van der Waals surface area contributed by atoms with Crippen LogP contribution < -0.4 is 5.32 Å². The summed E-state index contributed by atoms with van der Waals surface area (Å²) in [4.78, 5) is 0. The van der Waals surface area contributed by atoms with Gasteiger partial charge in [0, 0.05) is 5.69 Å². The Labute approximate surface area is 85.3 Å². The molecule has 2 nitrogen and oxygen atoms in total. The fraction of sp³-hybridized carbons (Fsp3) is 0.300. The lowest BCUT2D eigenvalue weighted by Crippen LogP contribution is -2.21. The molecule has 0 spiro atoms. The largest absolute Gasteiger partial charge is 0.405 e. The monoisotopic (exact) mass is 214 g/mol. The standard InChI is InChI=1S/C10H9F3N2/c1-7-4-8(5-14)2-3-9(7)15-6-10(11,12)13/h2-4,15H,6H2,1H3. The molecule has 1 rings (SSSR count). The summed E-state index contributed by atoms with van der Waals surface area (Å²) in [6.45, 7) is 0.583. The maximum atomic E-state index is 11.9. The number of rotatable bonds is 2. The van der Waals surface area contributed by atoms with Crippen LogP contribution in [0.15, 0.2) is 18.2 Å². The van der Waals surface area contributed by atoms with Crippen molar-refractivity contribution >= 4 is 5.69 Å². The molecule has 0 aliphatic carbocycles. The van der Waals surface area contributed by atoms with Gasteiger partial charge < -0.3 is 5.32 Å². The summed E-state index contributed by atoms with van der Waals surface area (Å²) in [5.41, 5.74) is 1.45. The fourth-order valence-electron chi connectivity index (χ4n) is 1.13. The normalized spacial score (nSPS) is 10.9. The van der Waals surface area contributed by atoms with E-state index in [1.165, 1.54) is 12.1 Å². The zero-order valence-electron chi connectivity index (χ0n) is 8.02. The molecule has 0 aliphatic heterocycles. The Balaban J connectivity index is 2.76. The van der Waals surface area contributed by atoms with Crippen molar-refractivity contribution in [1.29, 1.82) is 5.26 Å². The van der Waals surface area contributed by atoms with E-state index in [1.54, 1.807) is 13.0 Å². The van der Waals surface area contributed by atoms with Crippen LogP contribution in [0.3, 0.4) is 0 Å². The average molecular weight is 214 g/mol. The van der Waals surface area contributed by atoms with Gasteiger partial charge in [-0.15, -0.1) is 0 Å². The van der Waals surface area contributed by atoms with E-state index in [-0.39, 0.29) is 0 Å². The van der Waals surface area contributed by atoms with E-state index in [0.717, 1.165) is 0 Å². The van der Waals surface area contributed by atoms with Crippen molar-refractivity contribution in [1.82, 2.24) is 0 Å². The molecular formula is C10H9F3N2. The minimum absolute atomic E-state index is 0.395. The highest BCUT2D eigenvalue weighted by atomic mass is 19.4. The first-order valence-electron chi connectivity index (χ1n) is 4.24. The van der Waals surface area contributed by atoms with Crippen molar-refractivity contribution in [2.45, 2.75) is 13.1 Å². The minimum Gasteiger partial charge on any atom is -0.376 e. The summed E-state index contributed by atoms with van der Waals surface area (Å²) in [5.74, 6) is 0. The lowest BCUT2D eigenvalue weighted by molar-refractivity contribution is -0.115. The van der Waals surface area contributed by atoms with Crippen molar-refractivity contribution in [2.75, 3.05) is 11.9 Å². The van der Waals surface area contributed by atoms with Crippen LogP contribution in [0, 0.1) is 18.3 Å². The summed E-state index contributed by atoms with van der Waals surface area (Å²) in [6.07, 6.45) is -4.24. The molecule has 15 heavy (non-hydrogen) atoms. The van der Waals surface area contributed by atoms with Crippen LogP contribution in [-0.4, -0.2) is 12.7 Å². The Morgan fingerprint density at radius 3 is 2.53 bits per heavy atom.